The van der Waals surface area contributed by atoms with Gasteiger partial charge in [-0.2, -0.15) is 0 Å². The summed E-state index contributed by atoms with van der Waals surface area (Å²) in [5, 5.41) is 11.2. The van der Waals surface area contributed by atoms with Gasteiger partial charge < -0.3 is 15.7 Å². The Morgan fingerprint density at radius 3 is 2.31 bits per heavy atom. The van der Waals surface area contributed by atoms with Crippen molar-refractivity contribution in [3.63, 3.8) is 0 Å². The van der Waals surface area contributed by atoms with Crippen molar-refractivity contribution in [3.05, 3.63) is 63.4 Å². The van der Waals surface area contributed by atoms with Gasteiger partial charge in [0.15, 0.2) is 6.10 Å². The van der Waals surface area contributed by atoms with E-state index in [0.29, 0.717) is 36.8 Å². The molecule has 7 nitrogen and oxygen atoms in total. The fraction of sp³-hybridized carbons (Fsp3) is 0.458. The van der Waals surface area contributed by atoms with E-state index in [9.17, 15) is 14.7 Å². The first-order valence-corrected chi connectivity index (χ1v) is 11.2. The van der Waals surface area contributed by atoms with Gasteiger partial charge in [-0.3, -0.25) is 19.5 Å². The van der Waals surface area contributed by atoms with Gasteiger partial charge in [-0.25, -0.2) is 0 Å². The number of fused-ring (bicyclic) bond motifs is 1. The van der Waals surface area contributed by atoms with Gasteiger partial charge in [-0.1, -0.05) is 23.7 Å². The van der Waals surface area contributed by atoms with Gasteiger partial charge in [0.1, 0.15) is 0 Å². The lowest BCUT2D eigenvalue weighted by Gasteiger charge is -2.32. The number of likely N-dealkylation sites (tertiary alicyclic amines) is 2. The van der Waals surface area contributed by atoms with E-state index in [2.05, 4.69) is 9.88 Å². The van der Waals surface area contributed by atoms with E-state index in [4.69, 9.17) is 17.3 Å². The molecule has 0 spiro atoms. The summed E-state index contributed by atoms with van der Waals surface area (Å²) in [6.45, 7) is 8.32. The first kappa shape index (κ1) is 22.7. The van der Waals surface area contributed by atoms with Crippen LogP contribution in [0.25, 0.3) is 0 Å². The number of hydrogen-bond donors (Lipinski definition) is 2. The summed E-state index contributed by atoms with van der Waals surface area (Å²) in [5.41, 5.74) is 9.52. The maximum Gasteiger partial charge on any atom is 0.255 e. The Bertz CT molecular complexity index is 1030. The lowest BCUT2D eigenvalue weighted by molar-refractivity contribution is -0.129. The average molecular weight is 457 g/mol. The topological polar surface area (TPSA) is 99.8 Å². The molecular weight excluding hydrogens is 428 g/mol. The summed E-state index contributed by atoms with van der Waals surface area (Å²) in [7, 11) is 0. The number of amides is 2. The van der Waals surface area contributed by atoms with Crippen LogP contribution >= 0.6 is 11.6 Å². The van der Waals surface area contributed by atoms with Gasteiger partial charge >= 0.3 is 0 Å². The summed E-state index contributed by atoms with van der Waals surface area (Å²) < 4.78 is 0. The highest BCUT2D eigenvalue weighted by Gasteiger charge is 2.46. The first-order valence-electron chi connectivity index (χ1n) is 10.9. The summed E-state index contributed by atoms with van der Waals surface area (Å²) in [6, 6.07) is 6.86. The number of pyridine rings is 1. The quantitative estimate of drug-likeness (QED) is 0.718. The largest absolute Gasteiger partial charge is 0.381 e. The molecule has 2 aromatic rings. The van der Waals surface area contributed by atoms with Gasteiger partial charge in [0, 0.05) is 37.4 Å². The number of halogens is 1. The third-order valence-corrected chi connectivity index (χ3v) is 7.29. The van der Waals surface area contributed by atoms with Crippen molar-refractivity contribution in [1.82, 2.24) is 14.8 Å². The van der Waals surface area contributed by atoms with E-state index >= 15 is 0 Å². The van der Waals surface area contributed by atoms with Gasteiger partial charge in [0.25, 0.3) is 5.91 Å². The molecule has 0 saturated carbocycles. The summed E-state index contributed by atoms with van der Waals surface area (Å²) in [5.74, 6) is -0.212. The highest BCUT2D eigenvalue weighted by molar-refractivity contribution is 6.31. The van der Waals surface area contributed by atoms with Crippen LogP contribution in [0.4, 0.5) is 0 Å². The van der Waals surface area contributed by atoms with Crippen molar-refractivity contribution >= 4 is 23.4 Å². The molecule has 3 N–H and O–H groups in total. The standard InChI is InChI=1S/C24H29ClN4O3/c1-13-4-5-16(8-19(13)25)21(22(30)23(26)31)28-9-17-11-29(12-18(17)10-28)24(32)20-14(2)6-7-27-15(20)3/h4-8,17-18,21-22,30H,9-12H2,1-3H3,(H2,26,31). The Morgan fingerprint density at radius 1 is 1.09 bits per heavy atom. The van der Waals surface area contributed by atoms with Crippen LogP contribution in [0.15, 0.2) is 30.5 Å². The first-order chi connectivity index (χ1) is 15.2. The molecule has 8 heteroatoms. The van der Waals surface area contributed by atoms with Crippen LogP contribution in [0.3, 0.4) is 0 Å². The fourth-order valence-corrected chi connectivity index (χ4v) is 5.33. The lowest BCUT2D eigenvalue weighted by Crippen LogP contribution is -2.44. The zero-order valence-electron chi connectivity index (χ0n) is 18.6. The number of benzene rings is 1. The number of hydrogen-bond acceptors (Lipinski definition) is 5. The Labute approximate surface area is 193 Å². The van der Waals surface area contributed by atoms with Crippen LogP contribution in [0.2, 0.25) is 5.02 Å². The maximum absolute atomic E-state index is 13.2. The number of carbonyl (C=O) groups is 2. The Morgan fingerprint density at radius 2 is 1.75 bits per heavy atom. The summed E-state index contributed by atoms with van der Waals surface area (Å²) in [4.78, 5) is 33.4. The van der Waals surface area contributed by atoms with Crippen molar-refractivity contribution in [1.29, 1.82) is 0 Å². The summed E-state index contributed by atoms with van der Waals surface area (Å²) >= 11 is 6.32. The smallest absolute Gasteiger partial charge is 0.255 e. The molecule has 2 aliphatic heterocycles. The highest BCUT2D eigenvalue weighted by atomic mass is 35.5. The summed E-state index contributed by atoms with van der Waals surface area (Å²) in [6.07, 6.45) is 0.380. The molecule has 1 aromatic heterocycles. The molecule has 2 amide bonds. The van der Waals surface area contributed by atoms with Gasteiger partial charge in [0.05, 0.1) is 17.3 Å². The lowest BCUT2D eigenvalue weighted by atomic mass is 9.98. The molecule has 4 atom stereocenters. The second-order valence-corrected chi connectivity index (χ2v) is 9.48. The maximum atomic E-state index is 13.2. The highest BCUT2D eigenvalue weighted by Crippen LogP contribution is 2.38. The number of rotatable bonds is 5. The zero-order chi connectivity index (χ0) is 23.2. The predicted octanol–water partition coefficient (Wildman–Crippen LogP) is 2.25. The monoisotopic (exact) mass is 456 g/mol. The molecule has 2 aliphatic rings. The van der Waals surface area contributed by atoms with Crippen LogP contribution in [-0.2, 0) is 4.79 Å². The Balaban J connectivity index is 1.52. The zero-order valence-corrected chi connectivity index (χ0v) is 19.3. The van der Waals surface area contributed by atoms with E-state index in [1.165, 1.54) is 0 Å². The van der Waals surface area contributed by atoms with Gasteiger partial charge in [-0.15, -0.1) is 0 Å². The number of nitrogens with two attached hydrogens (primary N) is 1. The molecule has 2 saturated heterocycles. The van der Waals surface area contributed by atoms with Crippen LogP contribution in [-0.4, -0.2) is 64.0 Å². The van der Waals surface area contributed by atoms with E-state index in [1.807, 2.05) is 43.9 Å². The number of aryl methyl sites for hydroxylation is 3. The molecule has 1 aromatic carbocycles. The number of aliphatic hydroxyl groups is 1. The Kier molecular flexibility index (Phi) is 6.25. The molecule has 4 rings (SSSR count). The second kappa shape index (κ2) is 8.81. The molecule has 0 aliphatic carbocycles. The third-order valence-electron chi connectivity index (χ3n) is 6.89. The molecule has 2 fully saturated rings. The van der Waals surface area contributed by atoms with Gasteiger partial charge in [0.2, 0.25) is 5.91 Å². The fourth-order valence-electron chi connectivity index (χ4n) is 5.14. The van der Waals surface area contributed by atoms with Crippen molar-refractivity contribution < 1.29 is 14.7 Å². The second-order valence-electron chi connectivity index (χ2n) is 9.07. The average Bonchev–Trinajstić information content (AvgIpc) is 3.29. The number of aromatic nitrogens is 1. The minimum Gasteiger partial charge on any atom is -0.381 e. The predicted molar refractivity (Wildman–Crippen MR) is 122 cm³/mol. The number of nitrogens with zero attached hydrogens (tertiary/aromatic N) is 3. The van der Waals surface area contributed by atoms with E-state index in [-0.39, 0.29) is 17.7 Å². The molecular formula is C24H29ClN4O3. The van der Waals surface area contributed by atoms with Gasteiger partial charge in [-0.05, 0) is 61.4 Å². The van der Waals surface area contributed by atoms with Crippen molar-refractivity contribution in [2.45, 2.75) is 32.9 Å². The molecule has 3 heterocycles. The molecule has 4 unspecified atom stereocenters. The SMILES string of the molecule is Cc1ccc(C(C(O)C(N)=O)N2CC3CN(C(=O)c4c(C)ccnc4C)CC3C2)cc1Cl. The van der Waals surface area contributed by atoms with Crippen LogP contribution in [0, 0.1) is 32.6 Å². The number of primary amides is 1. The van der Waals surface area contributed by atoms with E-state index < -0.39 is 18.1 Å². The van der Waals surface area contributed by atoms with Crippen LogP contribution in [0.1, 0.15) is 38.8 Å². The van der Waals surface area contributed by atoms with Crippen molar-refractivity contribution in [2.24, 2.45) is 17.6 Å². The van der Waals surface area contributed by atoms with Crippen LogP contribution < -0.4 is 5.73 Å². The van der Waals surface area contributed by atoms with Crippen molar-refractivity contribution in [2.75, 3.05) is 26.2 Å². The normalized spacial score (nSPS) is 22.6. The number of aliphatic hydroxyl groups excluding tert-OH is 1. The van der Waals surface area contributed by atoms with E-state index in [1.54, 1.807) is 12.3 Å². The number of carbonyl (C=O) groups excluding carboxylic acids is 2. The Hall–Kier alpha value is -2.48. The van der Waals surface area contributed by atoms with Crippen LogP contribution in [0.5, 0.6) is 0 Å². The minimum absolute atomic E-state index is 0.0214. The molecule has 170 valence electrons. The molecule has 0 radical (unpaired) electrons. The van der Waals surface area contributed by atoms with Crippen molar-refractivity contribution in [3.8, 4) is 0 Å². The molecule has 0 bridgehead atoms. The molecule has 32 heavy (non-hydrogen) atoms. The third kappa shape index (κ3) is 4.12. The minimum atomic E-state index is -1.34. The van der Waals surface area contributed by atoms with E-state index in [0.717, 1.165) is 22.4 Å².